The van der Waals surface area contributed by atoms with Crippen molar-refractivity contribution < 1.29 is 4.79 Å². The summed E-state index contributed by atoms with van der Waals surface area (Å²) in [6, 6.07) is 11.2. The van der Waals surface area contributed by atoms with E-state index in [4.69, 9.17) is 16.4 Å². The summed E-state index contributed by atoms with van der Waals surface area (Å²) in [7, 11) is 0. The van der Waals surface area contributed by atoms with Crippen LogP contribution in [0.2, 0.25) is 0 Å². The maximum absolute atomic E-state index is 12.7. The summed E-state index contributed by atoms with van der Waals surface area (Å²) in [5.41, 5.74) is 11.0. The SMILES string of the molecule is N#C/C(=N\Nc1ccc2c(c1)CC1(C2)C(=O)Nc2ncccc21)C(=N)N. The number of nitrogens with one attached hydrogen (secondary N) is 3. The molecule has 0 saturated carbocycles. The van der Waals surface area contributed by atoms with Gasteiger partial charge in [-0.15, -0.1) is 0 Å². The number of hydrazone groups is 1. The van der Waals surface area contributed by atoms with Crippen molar-refractivity contribution in [2.45, 2.75) is 18.3 Å². The number of pyridine rings is 1. The monoisotopic (exact) mass is 345 g/mol. The van der Waals surface area contributed by atoms with E-state index in [1.54, 1.807) is 12.3 Å². The van der Waals surface area contributed by atoms with Gasteiger partial charge in [0.05, 0.1) is 11.1 Å². The van der Waals surface area contributed by atoms with E-state index in [1.165, 1.54) is 0 Å². The van der Waals surface area contributed by atoms with E-state index >= 15 is 0 Å². The number of amides is 1. The van der Waals surface area contributed by atoms with Gasteiger partial charge in [-0.2, -0.15) is 10.4 Å². The zero-order valence-corrected chi connectivity index (χ0v) is 13.7. The third-order valence-corrected chi connectivity index (χ3v) is 4.84. The lowest BCUT2D eigenvalue weighted by Crippen LogP contribution is -2.35. The molecule has 8 heteroatoms. The van der Waals surface area contributed by atoms with Crippen LogP contribution in [0, 0.1) is 16.7 Å². The Hall–Kier alpha value is -3.73. The Morgan fingerprint density at radius 1 is 1.38 bits per heavy atom. The fraction of sp³-hybridized carbons (Fsp3) is 0.167. The highest BCUT2D eigenvalue weighted by Crippen LogP contribution is 2.46. The molecule has 26 heavy (non-hydrogen) atoms. The van der Waals surface area contributed by atoms with Crippen molar-refractivity contribution in [1.82, 2.24) is 4.98 Å². The van der Waals surface area contributed by atoms with Crippen LogP contribution in [0.25, 0.3) is 0 Å². The molecule has 0 saturated heterocycles. The molecule has 1 aliphatic carbocycles. The Morgan fingerprint density at radius 3 is 2.96 bits per heavy atom. The van der Waals surface area contributed by atoms with Gasteiger partial charge in [0.2, 0.25) is 11.6 Å². The fourth-order valence-electron chi connectivity index (χ4n) is 3.60. The molecule has 1 aliphatic heterocycles. The average molecular weight is 345 g/mol. The summed E-state index contributed by atoms with van der Waals surface area (Å²) in [4.78, 5) is 16.9. The van der Waals surface area contributed by atoms with Gasteiger partial charge in [0.25, 0.3) is 0 Å². The molecule has 1 spiro atoms. The summed E-state index contributed by atoms with van der Waals surface area (Å²) in [5.74, 6) is 0.207. The molecule has 2 aliphatic rings. The van der Waals surface area contributed by atoms with Crippen molar-refractivity contribution in [2.24, 2.45) is 10.8 Å². The Kier molecular flexibility index (Phi) is 3.44. The standard InChI is InChI=1S/C18H15N7O/c19-9-14(15(20)21)25-24-12-4-3-10-7-18(8-11(10)6-12)13-2-1-5-22-16(13)23-17(18)26/h1-6,24H,7-8H2,(H3,20,21)(H,22,23,26)/b25-14+. The van der Waals surface area contributed by atoms with Crippen LogP contribution in [0.15, 0.2) is 41.6 Å². The molecular weight excluding hydrogens is 330 g/mol. The van der Waals surface area contributed by atoms with Gasteiger partial charge in [-0.05, 0) is 42.2 Å². The van der Waals surface area contributed by atoms with Crippen LogP contribution in [-0.2, 0) is 23.1 Å². The first-order valence-electron chi connectivity index (χ1n) is 8.00. The lowest BCUT2D eigenvalue weighted by atomic mass is 9.79. The van der Waals surface area contributed by atoms with Gasteiger partial charge in [0.1, 0.15) is 11.9 Å². The number of hydrogen-bond acceptors (Lipinski definition) is 6. The zero-order chi connectivity index (χ0) is 18.3. The fourth-order valence-corrected chi connectivity index (χ4v) is 3.60. The third-order valence-electron chi connectivity index (χ3n) is 4.84. The van der Waals surface area contributed by atoms with Crippen LogP contribution in [0.5, 0.6) is 0 Å². The van der Waals surface area contributed by atoms with Crippen LogP contribution in [-0.4, -0.2) is 22.4 Å². The second-order valence-corrected chi connectivity index (χ2v) is 6.37. The van der Waals surface area contributed by atoms with Crippen LogP contribution in [0.1, 0.15) is 16.7 Å². The molecule has 4 rings (SSSR count). The second-order valence-electron chi connectivity index (χ2n) is 6.37. The van der Waals surface area contributed by atoms with Crippen molar-refractivity contribution in [1.29, 1.82) is 10.7 Å². The number of carbonyl (C=O) groups excluding carboxylic acids is 1. The molecule has 0 bridgehead atoms. The number of rotatable bonds is 3. The number of anilines is 2. The number of amidine groups is 1. The molecule has 2 aromatic rings. The van der Waals surface area contributed by atoms with Crippen LogP contribution in [0.3, 0.4) is 0 Å². The second kappa shape index (κ2) is 5.67. The summed E-state index contributed by atoms with van der Waals surface area (Å²) < 4.78 is 0. The first-order valence-corrected chi connectivity index (χ1v) is 8.00. The summed E-state index contributed by atoms with van der Waals surface area (Å²) >= 11 is 0. The normalized spacial score (nSPS) is 20.3. The minimum Gasteiger partial charge on any atom is -0.382 e. The van der Waals surface area contributed by atoms with Crippen LogP contribution in [0.4, 0.5) is 11.5 Å². The minimum absolute atomic E-state index is 0.0294. The van der Waals surface area contributed by atoms with Crippen molar-refractivity contribution in [2.75, 3.05) is 10.7 Å². The summed E-state index contributed by atoms with van der Waals surface area (Å²) in [5, 5.41) is 22.9. The van der Waals surface area contributed by atoms with Gasteiger partial charge in [-0.25, -0.2) is 4.98 Å². The topological polar surface area (TPSA) is 140 Å². The lowest BCUT2D eigenvalue weighted by molar-refractivity contribution is -0.120. The van der Waals surface area contributed by atoms with Crippen LogP contribution < -0.4 is 16.5 Å². The number of nitriles is 1. The molecule has 1 aromatic carbocycles. The molecule has 1 amide bonds. The molecule has 2 heterocycles. The van der Waals surface area contributed by atoms with Crippen molar-refractivity contribution >= 4 is 29.0 Å². The predicted octanol–water partition coefficient (Wildman–Crippen LogP) is 1.30. The Bertz CT molecular complexity index is 1020. The summed E-state index contributed by atoms with van der Waals surface area (Å²) in [6.45, 7) is 0. The van der Waals surface area contributed by atoms with Crippen molar-refractivity contribution in [3.63, 3.8) is 0 Å². The molecule has 0 fully saturated rings. The highest BCUT2D eigenvalue weighted by Gasteiger charge is 2.50. The third kappa shape index (κ3) is 2.29. The maximum atomic E-state index is 12.7. The predicted molar refractivity (Wildman–Crippen MR) is 97.0 cm³/mol. The van der Waals surface area contributed by atoms with Gasteiger partial charge >= 0.3 is 0 Å². The molecule has 1 aromatic heterocycles. The number of hydrogen-bond donors (Lipinski definition) is 4. The largest absolute Gasteiger partial charge is 0.382 e. The van der Waals surface area contributed by atoms with E-state index in [0.717, 1.165) is 16.7 Å². The highest BCUT2D eigenvalue weighted by atomic mass is 16.2. The average Bonchev–Trinajstić information content (AvgIpc) is 3.14. The van der Waals surface area contributed by atoms with E-state index in [-0.39, 0.29) is 11.6 Å². The van der Waals surface area contributed by atoms with E-state index in [0.29, 0.717) is 24.3 Å². The van der Waals surface area contributed by atoms with E-state index in [9.17, 15) is 4.79 Å². The maximum Gasteiger partial charge on any atom is 0.237 e. The van der Waals surface area contributed by atoms with Gasteiger partial charge in [0.15, 0.2) is 5.84 Å². The zero-order valence-electron chi connectivity index (χ0n) is 13.7. The number of nitrogens with zero attached hydrogens (tertiary/aromatic N) is 3. The number of carbonyl (C=O) groups is 1. The molecule has 1 atom stereocenters. The number of nitrogens with two attached hydrogens (primary N) is 1. The highest BCUT2D eigenvalue weighted by molar-refractivity contribution is 6.45. The quantitative estimate of drug-likeness (QED) is 0.377. The molecule has 0 radical (unpaired) electrons. The van der Waals surface area contributed by atoms with Gasteiger partial charge < -0.3 is 11.1 Å². The van der Waals surface area contributed by atoms with E-state index < -0.39 is 11.3 Å². The molecule has 5 N–H and O–H groups in total. The first-order chi connectivity index (χ1) is 12.5. The molecular formula is C18H15N7O. The summed E-state index contributed by atoms with van der Waals surface area (Å²) in [6.07, 6.45) is 2.86. The number of aromatic nitrogens is 1. The number of benzene rings is 1. The van der Waals surface area contributed by atoms with Gasteiger partial charge in [0, 0.05) is 11.8 Å². The Morgan fingerprint density at radius 2 is 2.19 bits per heavy atom. The van der Waals surface area contributed by atoms with E-state index in [1.807, 2.05) is 30.3 Å². The van der Waals surface area contributed by atoms with E-state index in [2.05, 4.69) is 20.8 Å². The minimum atomic E-state index is -0.620. The van der Waals surface area contributed by atoms with Crippen molar-refractivity contribution in [3.8, 4) is 6.07 Å². The molecule has 1 unspecified atom stereocenters. The van der Waals surface area contributed by atoms with Crippen molar-refractivity contribution in [3.05, 3.63) is 53.2 Å². The van der Waals surface area contributed by atoms with Gasteiger partial charge in [-0.3, -0.25) is 15.6 Å². The molecule has 128 valence electrons. The lowest BCUT2D eigenvalue weighted by Gasteiger charge is -2.20. The van der Waals surface area contributed by atoms with Crippen LogP contribution >= 0.6 is 0 Å². The Balaban J connectivity index is 1.64. The first kappa shape index (κ1) is 15.8. The smallest absolute Gasteiger partial charge is 0.237 e. The molecule has 8 nitrogen and oxygen atoms in total. The Labute approximate surface area is 149 Å². The number of fused-ring (bicyclic) bond motifs is 3. The van der Waals surface area contributed by atoms with Gasteiger partial charge in [-0.1, -0.05) is 12.1 Å².